The first-order valence-electron chi connectivity index (χ1n) is 10.1. The molecule has 158 valence electrons. The largest absolute Gasteiger partial charge is 0.496 e. The van der Waals surface area contributed by atoms with Gasteiger partial charge in [-0.05, 0) is 47.7 Å². The predicted molar refractivity (Wildman–Crippen MR) is 117 cm³/mol. The van der Waals surface area contributed by atoms with Crippen molar-refractivity contribution >= 4 is 22.8 Å². The van der Waals surface area contributed by atoms with Crippen molar-refractivity contribution in [3.63, 3.8) is 0 Å². The Kier molecular flexibility index (Phi) is 6.45. The van der Waals surface area contributed by atoms with E-state index in [0.717, 1.165) is 28.5 Å². The maximum Gasteiger partial charge on any atom is 0.335 e. The Balaban J connectivity index is 1.99. The first kappa shape index (κ1) is 21.4. The van der Waals surface area contributed by atoms with Crippen LogP contribution in [-0.2, 0) is 13.5 Å². The Morgan fingerprint density at radius 1 is 1.17 bits per heavy atom. The molecule has 0 bridgehead atoms. The highest BCUT2D eigenvalue weighted by atomic mass is 16.5. The van der Waals surface area contributed by atoms with Crippen molar-refractivity contribution in [3.8, 4) is 5.75 Å². The lowest BCUT2D eigenvalue weighted by Gasteiger charge is -2.11. The molecule has 30 heavy (non-hydrogen) atoms. The molecule has 2 N–H and O–H groups in total. The molecule has 3 aromatic rings. The van der Waals surface area contributed by atoms with Gasteiger partial charge in [0.2, 0.25) is 0 Å². The minimum Gasteiger partial charge on any atom is -0.496 e. The molecule has 0 saturated carbocycles. The highest BCUT2D eigenvalue weighted by Gasteiger charge is 2.18. The third-order valence-corrected chi connectivity index (χ3v) is 5.26. The predicted octanol–water partition coefficient (Wildman–Crippen LogP) is 4.25. The van der Waals surface area contributed by atoms with Gasteiger partial charge in [0.05, 0.1) is 12.7 Å². The molecule has 0 saturated heterocycles. The minimum absolute atomic E-state index is 0.0816. The van der Waals surface area contributed by atoms with Gasteiger partial charge in [-0.3, -0.25) is 4.79 Å². The van der Waals surface area contributed by atoms with Gasteiger partial charge in [0, 0.05) is 42.7 Å². The van der Waals surface area contributed by atoms with Crippen LogP contribution in [0.4, 0.5) is 0 Å². The summed E-state index contributed by atoms with van der Waals surface area (Å²) >= 11 is 0. The minimum atomic E-state index is -0.995. The molecule has 3 rings (SSSR count). The number of carboxylic acid groups (broad SMARTS) is 1. The van der Waals surface area contributed by atoms with E-state index in [1.54, 1.807) is 12.1 Å². The lowest BCUT2D eigenvalue weighted by atomic mass is 9.98. The number of aromatic carboxylic acids is 1. The first-order valence-corrected chi connectivity index (χ1v) is 10.1. The van der Waals surface area contributed by atoms with Crippen LogP contribution in [0.5, 0.6) is 5.75 Å². The number of hydrogen-bond donors (Lipinski definition) is 2. The SMILES string of the molecule is COc1cc(C(=O)O)ccc1Cc1cn(C)c2cccc(C(=O)NCCC(C)C)c12. The maximum atomic E-state index is 12.9. The van der Waals surface area contributed by atoms with Crippen LogP contribution in [0.2, 0.25) is 0 Å². The molecule has 1 aromatic heterocycles. The summed E-state index contributed by atoms with van der Waals surface area (Å²) in [4.78, 5) is 24.1. The first-order chi connectivity index (χ1) is 14.3. The van der Waals surface area contributed by atoms with Crippen LogP contribution in [-0.4, -0.2) is 35.2 Å². The van der Waals surface area contributed by atoms with Gasteiger partial charge >= 0.3 is 5.97 Å². The summed E-state index contributed by atoms with van der Waals surface area (Å²) in [6.45, 7) is 4.90. The molecule has 0 radical (unpaired) electrons. The molecular weight excluding hydrogens is 380 g/mol. The molecule has 0 atom stereocenters. The third-order valence-electron chi connectivity index (χ3n) is 5.26. The molecule has 1 heterocycles. The number of fused-ring (bicyclic) bond motifs is 1. The van der Waals surface area contributed by atoms with Gasteiger partial charge < -0.3 is 19.7 Å². The number of aromatic nitrogens is 1. The number of rotatable bonds is 8. The number of nitrogens with one attached hydrogen (secondary N) is 1. The quantitative estimate of drug-likeness (QED) is 0.584. The van der Waals surface area contributed by atoms with Gasteiger partial charge in [-0.25, -0.2) is 4.79 Å². The number of carbonyl (C=O) groups excluding carboxylic acids is 1. The van der Waals surface area contributed by atoms with Gasteiger partial charge in [-0.2, -0.15) is 0 Å². The van der Waals surface area contributed by atoms with Gasteiger partial charge in [0.15, 0.2) is 0 Å². The highest BCUT2D eigenvalue weighted by Crippen LogP contribution is 2.30. The molecule has 2 aromatic carbocycles. The Labute approximate surface area is 176 Å². The van der Waals surface area contributed by atoms with Crippen LogP contribution in [0.25, 0.3) is 10.9 Å². The fourth-order valence-electron chi connectivity index (χ4n) is 3.66. The Bertz CT molecular complexity index is 1080. The molecule has 0 fully saturated rings. The molecule has 6 heteroatoms. The van der Waals surface area contributed by atoms with Gasteiger partial charge in [-0.1, -0.05) is 26.0 Å². The lowest BCUT2D eigenvalue weighted by molar-refractivity contribution is 0.0696. The van der Waals surface area contributed by atoms with Crippen LogP contribution in [0.1, 0.15) is 52.1 Å². The number of amides is 1. The monoisotopic (exact) mass is 408 g/mol. The van der Waals surface area contributed by atoms with Crippen LogP contribution < -0.4 is 10.1 Å². The molecule has 0 aliphatic heterocycles. The summed E-state index contributed by atoms with van der Waals surface area (Å²) in [6.07, 6.45) is 3.47. The average molecular weight is 408 g/mol. The Hall–Kier alpha value is -3.28. The van der Waals surface area contributed by atoms with Crippen LogP contribution in [0.15, 0.2) is 42.6 Å². The molecule has 0 unspecified atom stereocenters. The zero-order chi connectivity index (χ0) is 21.8. The number of hydrogen-bond acceptors (Lipinski definition) is 3. The van der Waals surface area contributed by atoms with Crippen molar-refractivity contribution in [2.45, 2.75) is 26.7 Å². The number of aryl methyl sites for hydroxylation is 1. The molecule has 1 amide bonds. The number of ether oxygens (including phenoxy) is 1. The van der Waals surface area contributed by atoms with E-state index >= 15 is 0 Å². The number of carbonyl (C=O) groups is 2. The van der Waals surface area contributed by atoms with Crippen molar-refractivity contribution in [2.75, 3.05) is 13.7 Å². The summed E-state index contributed by atoms with van der Waals surface area (Å²) in [5.41, 5.74) is 3.66. The van der Waals surface area contributed by atoms with E-state index in [1.165, 1.54) is 13.2 Å². The summed E-state index contributed by atoms with van der Waals surface area (Å²) in [6, 6.07) is 10.6. The molecule has 6 nitrogen and oxygen atoms in total. The smallest absolute Gasteiger partial charge is 0.335 e. The normalized spacial score (nSPS) is 11.1. The lowest BCUT2D eigenvalue weighted by Crippen LogP contribution is -2.25. The third kappa shape index (κ3) is 4.48. The van der Waals surface area contributed by atoms with Crippen LogP contribution >= 0.6 is 0 Å². The second-order valence-electron chi connectivity index (χ2n) is 7.91. The van der Waals surface area contributed by atoms with E-state index in [4.69, 9.17) is 4.74 Å². The maximum absolute atomic E-state index is 12.9. The summed E-state index contributed by atoms with van der Waals surface area (Å²) in [5.74, 6) is -0.0346. The van der Waals surface area contributed by atoms with Crippen molar-refractivity contribution in [3.05, 3.63) is 64.8 Å². The summed E-state index contributed by atoms with van der Waals surface area (Å²) in [7, 11) is 3.48. The van der Waals surface area contributed by atoms with Crippen molar-refractivity contribution in [2.24, 2.45) is 13.0 Å². The summed E-state index contributed by atoms with van der Waals surface area (Å²) < 4.78 is 7.44. The van der Waals surface area contributed by atoms with Gasteiger partial charge in [0.25, 0.3) is 5.91 Å². The number of carboxylic acids is 1. The number of nitrogens with zero attached hydrogens (tertiary/aromatic N) is 1. The van der Waals surface area contributed by atoms with Crippen LogP contribution in [0.3, 0.4) is 0 Å². The molecule has 0 aliphatic carbocycles. The van der Waals surface area contributed by atoms with Gasteiger partial charge in [0.1, 0.15) is 5.75 Å². The van der Waals surface area contributed by atoms with E-state index in [1.807, 2.05) is 36.0 Å². The van der Waals surface area contributed by atoms with Gasteiger partial charge in [-0.15, -0.1) is 0 Å². The Morgan fingerprint density at radius 3 is 2.60 bits per heavy atom. The zero-order valence-electron chi connectivity index (χ0n) is 17.9. The van der Waals surface area contributed by atoms with Crippen molar-refractivity contribution in [1.29, 1.82) is 0 Å². The van der Waals surface area contributed by atoms with E-state index in [9.17, 15) is 14.7 Å². The summed E-state index contributed by atoms with van der Waals surface area (Å²) in [5, 5.41) is 13.2. The van der Waals surface area contributed by atoms with Crippen LogP contribution in [0, 0.1) is 5.92 Å². The van der Waals surface area contributed by atoms with Crippen molar-refractivity contribution < 1.29 is 19.4 Å². The second kappa shape index (κ2) is 9.03. The molecular formula is C24H28N2O4. The number of methoxy groups -OCH3 is 1. The fourth-order valence-corrected chi connectivity index (χ4v) is 3.66. The highest BCUT2D eigenvalue weighted by molar-refractivity contribution is 6.08. The Morgan fingerprint density at radius 2 is 1.93 bits per heavy atom. The standard InChI is InChI=1S/C24H28N2O4/c1-15(2)10-11-25-23(27)19-6-5-7-20-22(19)18(14-26(20)3)12-16-8-9-17(24(28)29)13-21(16)30-4/h5-9,13-15H,10-12H2,1-4H3,(H,25,27)(H,28,29). The molecule has 0 spiro atoms. The van der Waals surface area contributed by atoms with E-state index in [-0.39, 0.29) is 11.5 Å². The second-order valence-corrected chi connectivity index (χ2v) is 7.91. The van der Waals surface area contributed by atoms with E-state index in [2.05, 4.69) is 19.2 Å². The average Bonchev–Trinajstić information content (AvgIpc) is 3.03. The molecule has 0 aliphatic rings. The topological polar surface area (TPSA) is 80.6 Å². The van der Waals surface area contributed by atoms with E-state index in [0.29, 0.717) is 30.2 Å². The fraction of sp³-hybridized carbons (Fsp3) is 0.333. The van der Waals surface area contributed by atoms with E-state index < -0.39 is 5.97 Å². The number of benzene rings is 2. The van der Waals surface area contributed by atoms with Crippen molar-refractivity contribution in [1.82, 2.24) is 9.88 Å². The zero-order valence-corrected chi connectivity index (χ0v) is 17.9.